The largest absolute Gasteiger partial charge is 0.346 e. The van der Waals surface area contributed by atoms with Gasteiger partial charge < -0.3 is 4.90 Å². The van der Waals surface area contributed by atoms with Crippen LogP contribution in [0.15, 0.2) is 40.3 Å². The van der Waals surface area contributed by atoms with Gasteiger partial charge in [-0.2, -0.15) is 10.4 Å². The number of nitrogens with zero attached hydrogens (tertiary/aromatic N) is 5. The number of rotatable bonds is 3. The van der Waals surface area contributed by atoms with Crippen molar-refractivity contribution in [2.75, 3.05) is 11.9 Å². The van der Waals surface area contributed by atoms with Gasteiger partial charge in [0, 0.05) is 41.4 Å². The number of aromatic nitrogens is 2. The minimum Gasteiger partial charge on any atom is -0.346 e. The molecule has 3 aliphatic rings. The maximum atomic E-state index is 9.15. The van der Waals surface area contributed by atoms with Gasteiger partial charge >= 0.3 is 0 Å². The predicted molar refractivity (Wildman–Crippen MR) is 141 cm³/mol. The molecule has 0 bridgehead atoms. The number of aliphatic imine (C=N–C) groups is 1. The molecule has 1 aromatic carbocycles. The van der Waals surface area contributed by atoms with Crippen molar-refractivity contribution in [3.05, 3.63) is 46.5 Å². The third kappa shape index (κ3) is 3.27. The van der Waals surface area contributed by atoms with E-state index in [9.17, 15) is 0 Å². The van der Waals surface area contributed by atoms with Gasteiger partial charge in [0.25, 0.3) is 0 Å². The molecule has 33 heavy (non-hydrogen) atoms. The lowest BCUT2D eigenvalue weighted by Crippen LogP contribution is -2.31. The topological polar surface area (TPSA) is 57.2 Å². The lowest BCUT2D eigenvalue weighted by Gasteiger charge is -2.40. The molecule has 1 saturated carbocycles. The number of nitriles is 1. The summed E-state index contributed by atoms with van der Waals surface area (Å²) in [6, 6.07) is 8.79. The molecular weight excluding hydrogens is 445 g/mol. The fraction of sp³-hybridized carbons (Fsp3) is 0.500. The Labute approximate surface area is 202 Å². The Bertz CT molecular complexity index is 1260. The van der Waals surface area contributed by atoms with E-state index >= 15 is 0 Å². The molecule has 0 spiro atoms. The molecule has 0 amide bonds. The van der Waals surface area contributed by atoms with Crippen LogP contribution in [0.4, 0.5) is 11.5 Å². The van der Waals surface area contributed by atoms with Crippen molar-refractivity contribution in [2.45, 2.75) is 76.9 Å². The van der Waals surface area contributed by atoms with Gasteiger partial charge in [-0.1, -0.05) is 63.1 Å². The first-order valence-electron chi connectivity index (χ1n) is 12.0. The summed E-state index contributed by atoms with van der Waals surface area (Å²) in [6.07, 6.45) is 8.67. The molecule has 0 N–H and O–H groups in total. The number of fused-ring (bicyclic) bond motifs is 2. The minimum atomic E-state index is -2.18. The summed E-state index contributed by atoms with van der Waals surface area (Å²) < 4.78 is 1.92. The molecule has 1 atom stereocenters. The summed E-state index contributed by atoms with van der Waals surface area (Å²) in [5.41, 5.74) is 5.25. The van der Waals surface area contributed by atoms with Crippen molar-refractivity contribution < 1.29 is 0 Å². The van der Waals surface area contributed by atoms with E-state index in [-0.39, 0.29) is 5.41 Å². The maximum absolute atomic E-state index is 9.15. The highest BCUT2D eigenvalue weighted by atomic mass is 32.4. The molecule has 0 radical (unpaired) electrons. The van der Waals surface area contributed by atoms with Crippen molar-refractivity contribution in [3.63, 3.8) is 0 Å². The molecule has 0 saturated heterocycles. The van der Waals surface area contributed by atoms with Crippen LogP contribution in [-0.4, -0.2) is 28.7 Å². The highest BCUT2D eigenvalue weighted by Crippen LogP contribution is 2.67. The molecule has 3 heterocycles. The molecule has 1 fully saturated rings. The first-order chi connectivity index (χ1) is 15.8. The third-order valence-electron chi connectivity index (χ3n) is 7.70. The molecule has 1 unspecified atom stereocenters. The summed E-state index contributed by atoms with van der Waals surface area (Å²) in [5.74, 6) is 0.900. The Morgan fingerprint density at radius 2 is 1.94 bits per heavy atom. The lowest BCUT2D eigenvalue weighted by molar-refractivity contribution is 0.512. The van der Waals surface area contributed by atoms with E-state index in [1.807, 2.05) is 4.68 Å². The van der Waals surface area contributed by atoms with Gasteiger partial charge in [-0.15, -0.1) is 0 Å². The van der Waals surface area contributed by atoms with Crippen molar-refractivity contribution in [2.24, 2.45) is 4.99 Å². The van der Waals surface area contributed by atoms with E-state index in [2.05, 4.69) is 69.3 Å². The zero-order valence-corrected chi connectivity index (χ0v) is 21.7. The fourth-order valence-electron chi connectivity index (χ4n) is 6.21. The number of benzene rings is 1. The zero-order valence-electron chi connectivity index (χ0n) is 20.0. The second-order valence-corrected chi connectivity index (χ2v) is 14.7. The molecular formula is C26H32N5PS. The van der Waals surface area contributed by atoms with E-state index in [1.54, 1.807) is 0 Å². The van der Waals surface area contributed by atoms with E-state index in [0.29, 0.717) is 18.6 Å². The molecule has 5 rings (SSSR count). The number of likely N-dealkylation sites (N-methyl/N-ethyl adjacent to an activating group) is 1. The maximum Gasteiger partial charge on any atom is 0.159 e. The van der Waals surface area contributed by atoms with E-state index in [0.717, 1.165) is 11.5 Å². The van der Waals surface area contributed by atoms with E-state index < -0.39 is 6.04 Å². The predicted octanol–water partition coefficient (Wildman–Crippen LogP) is 5.90. The fourth-order valence-corrected chi connectivity index (χ4v) is 11.9. The van der Waals surface area contributed by atoms with Crippen molar-refractivity contribution in [1.29, 1.82) is 5.26 Å². The Hall–Kier alpha value is -2.22. The molecule has 5 nitrogen and oxygen atoms in total. The van der Waals surface area contributed by atoms with Crippen molar-refractivity contribution in [3.8, 4) is 6.07 Å². The smallest absolute Gasteiger partial charge is 0.159 e. The third-order valence-corrected chi connectivity index (χ3v) is 13.5. The van der Waals surface area contributed by atoms with Gasteiger partial charge in [-0.3, -0.25) is 0 Å². The van der Waals surface area contributed by atoms with Crippen LogP contribution in [0.2, 0.25) is 0 Å². The van der Waals surface area contributed by atoms with E-state index in [1.165, 1.54) is 59.7 Å². The summed E-state index contributed by atoms with van der Waals surface area (Å²) in [6.45, 7) is 7.30. The first-order valence-corrected chi connectivity index (χ1v) is 14.9. The second kappa shape index (κ2) is 8.22. The summed E-state index contributed by atoms with van der Waals surface area (Å²) >= 11 is 6.88. The van der Waals surface area contributed by atoms with Crippen LogP contribution in [0.5, 0.6) is 0 Å². The molecule has 172 valence electrons. The number of anilines is 1. The number of allylic oxidation sites excluding steroid dienone is 2. The lowest BCUT2D eigenvalue weighted by atomic mass is 9.84. The van der Waals surface area contributed by atoms with Crippen molar-refractivity contribution >= 4 is 40.9 Å². The van der Waals surface area contributed by atoms with Gasteiger partial charge in [-0.05, 0) is 37.1 Å². The Morgan fingerprint density at radius 3 is 2.64 bits per heavy atom. The minimum absolute atomic E-state index is 0.145. The molecule has 7 heteroatoms. The van der Waals surface area contributed by atoms with E-state index in [4.69, 9.17) is 27.2 Å². The SMILES string of the molecule is Cc1nn(CCC#N)c2c1P(=S)(C1CCCCC1)/C(=C1\N(C)c3ccccc3C1(C)C)C=N2. The van der Waals surface area contributed by atoms with Crippen LogP contribution in [0, 0.1) is 18.3 Å². The summed E-state index contributed by atoms with van der Waals surface area (Å²) in [4.78, 5) is 7.35. The number of hydrogen-bond donors (Lipinski definition) is 0. The quantitative estimate of drug-likeness (QED) is 0.517. The highest BCUT2D eigenvalue weighted by Gasteiger charge is 2.48. The van der Waals surface area contributed by atoms with Gasteiger partial charge in [0.15, 0.2) is 5.82 Å². The number of hydrogen-bond acceptors (Lipinski definition) is 5. The van der Waals surface area contributed by atoms with Gasteiger partial charge in [0.05, 0.1) is 30.0 Å². The normalized spacial score (nSPS) is 26.2. The Balaban J connectivity index is 1.78. The number of para-hydroxylation sites is 1. The highest BCUT2D eigenvalue weighted by molar-refractivity contribution is 8.21. The van der Waals surface area contributed by atoms with Gasteiger partial charge in [0.2, 0.25) is 0 Å². The van der Waals surface area contributed by atoms with Crippen LogP contribution < -0.4 is 10.2 Å². The molecule has 2 aromatic rings. The summed E-state index contributed by atoms with van der Waals surface area (Å²) in [5, 5.41) is 16.5. The van der Waals surface area contributed by atoms with Gasteiger partial charge in [0.1, 0.15) is 0 Å². The zero-order chi connectivity index (χ0) is 23.4. The molecule has 1 aromatic heterocycles. The van der Waals surface area contributed by atoms with Crippen LogP contribution in [0.25, 0.3) is 0 Å². The van der Waals surface area contributed by atoms with Crippen molar-refractivity contribution in [1.82, 2.24) is 9.78 Å². The van der Waals surface area contributed by atoms with Crippen LogP contribution >= 0.6 is 6.04 Å². The first kappa shape index (κ1) is 22.6. The average Bonchev–Trinajstić information content (AvgIpc) is 3.25. The van der Waals surface area contributed by atoms with Crippen LogP contribution in [0.3, 0.4) is 0 Å². The average molecular weight is 478 g/mol. The summed E-state index contributed by atoms with van der Waals surface area (Å²) in [7, 11) is 2.18. The Kier molecular flexibility index (Phi) is 5.62. The second-order valence-electron chi connectivity index (χ2n) is 10.0. The Morgan fingerprint density at radius 1 is 1.21 bits per heavy atom. The molecule has 2 aliphatic heterocycles. The van der Waals surface area contributed by atoms with Gasteiger partial charge in [-0.25, -0.2) is 9.67 Å². The monoisotopic (exact) mass is 477 g/mol. The van der Waals surface area contributed by atoms with Crippen LogP contribution in [0.1, 0.15) is 63.6 Å². The standard InChI is InChI=1S/C26H32N5PS/c1-18-23-25(31(29-18)16-10-15-27)28-17-22(32(23,33)19-11-6-5-7-12-19)24-26(2,3)20-13-8-9-14-21(20)30(24)4/h8-9,13-14,17,19H,5-7,10-12,16H2,1-4H3/b24-22-. The number of aryl methyl sites for hydroxylation is 2. The molecule has 1 aliphatic carbocycles. The van der Waals surface area contributed by atoms with Crippen LogP contribution in [-0.2, 0) is 23.8 Å².